The molecule has 2 rings (SSSR count). The number of guanidine groups is 1. The summed E-state index contributed by atoms with van der Waals surface area (Å²) in [5.41, 5.74) is 2.10. The second-order valence-corrected chi connectivity index (χ2v) is 7.74. The average molecular weight is 569 g/mol. The number of hydrogen-bond donors (Lipinski definition) is 2. The Bertz CT molecular complexity index is 763. The van der Waals surface area contributed by atoms with Crippen molar-refractivity contribution in [3.05, 3.63) is 37.7 Å². The van der Waals surface area contributed by atoms with Crippen molar-refractivity contribution in [3.8, 4) is 11.5 Å². The molecule has 0 aliphatic rings. The Morgan fingerprint density at radius 1 is 1.19 bits per heavy atom. The Kier molecular flexibility index (Phi) is 10.4. The highest BCUT2D eigenvalue weighted by atomic mass is 127. The van der Waals surface area contributed by atoms with E-state index < -0.39 is 0 Å². The molecule has 0 radical (unpaired) electrons. The first kappa shape index (κ1) is 24.0. The zero-order valence-electron chi connectivity index (χ0n) is 16.2. The minimum absolute atomic E-state index is 0. The van der Waals surface area contributed by atoms with E-state index in [9.17, 15) is 0 Å². The van der Waals surface area contributed by atoms with Gasteiger partial charge in [0.2, 0.25) is 0 Å². The summed E-state index contributed by atoms with van der Waals surface area (Å²) < 4.78 is 11.6. The predicted molar refractivity (Wildman–Crippen MR) is 126 cm³/mol. The molecule has 0 saturated heterocycles. The molecule has 0 atom stereocenters. The number of nitrogens with one attached hydrogen (secondary N) is 2. The molecular formula is C18H26BrIN4O2S. The summed E-state index contributed by atoms with van der Waals surface area (Å²) in [7, 11) is 3.25. The number of aryl methyl sites for hydroxylation is 2. The Balaban J connectivity index is 0.00000364. The van der Waals surface area contributed by atoms with E-state index in [0.717, 1.165) is 33.2 Å². The third kappa shape index (κ3) is 6.79. The molecular weight excluding hydrogens is 543 g/mol. The average Bonchev–Trinajstić information content (AvgIpc) is 2.95. The van der Waals surface area contributed by atoms with E-state index in [1.165, 1.54) is 4.88 Å². The Hall–Kier alpha value is -1.07. The highest BCUT2D eigenvalue weighted by Crippen LogP contribution is 2.33. The van der Waals surface area contributed by atoms with Gasteiger partial charge >= 0.3 is 0 Å². The number of hydrogen-bond acceptors (Lipinski definition) is 5. The summed E-state index contributed by atoms with van der Waals surface area (Å²) in [5, 5.41) is 7.65. The van der Waals surface area contributed by atoms with Crippen molar-refractivity contribution in [2.75, 3.05) is 20.8 Å². The number of thiazole rings is 1. The molecule has 0 amide bonds. The van der Waals surface area contributed by atoms with Crippen LogP contribution in [-0.2, 0) is 13.1 Å². The minimum atomic E-state index is 0. The van der Waals surface area contributed by atoms with Crippen molar-refractivity contribution >= 4 is 57.2 Å². The minimum Gasteiger partial charge on any atom is -0.493 e. The maximum atomic E-state index is 5.37. The summed E-state index contributed by atoms with van der Waals surface area (Å²) >= 11 is 5.28. The first-order valence-electron chi connectivity index (χ1n) is 8.34. The topological polar surface area (TPSA) is 67.8 Å². The van der Waals surface area contributed by atoms with E-state index in [1.807, 2.05) is 26.0 Å². The van der Waals surface area contributed by atoms with Crippen molar-refractivity contribution in [2.45, 2.75) is 33.9 Å². The molecule has 2 N–H and O–H groups in total. The maximum Gasteiger partial charge on any atom is 0.191 e. The first-order chi connectivity index (χ1) is 12.5. The number of nitrogens with zero attached hydrogens (tertiary/aromatic N) is 2. The van der Waals surface area contributed by atoms with Gasteiger partial charge in [0.1, 0.15) is 5.01 Å². The highest BCUT2D eigenvalue weighted by molar-refractivity contribution is 14.0. The largest absolute Gasteiger partial charge is 0.493 e. The van der Waals surface area contributed by atoms with Crippen molar-refractivity contribution in [1.82, 2.24) is 15.6 Å². The first-order valence-corrected chi connectivity index (χ1v) is 9.94. The van der Waals surface area contributed by atoms with Crippen LogP contribution in [0.3, 0.4) is 0 Å². The molecule has 0 aliphatic heterocycles. The molecule has 0 unspecified atom stereocenters. The Morgan fingerprint density at radius 2 is 1.85 bits per heavy atom. The van der Waals surface area contributed by atoms with Gasteiger partial charge in [0.15, 0.2) is 17.5 Å². The molecule has 0 bridgehead atoms. The number of benzene rings is 1. The van der Waals surface area contributed by atoms with Crippen molar-refractivity contribution in [3.63, 3.8) is 0 Å². The quantitative estimate of drug-likeness (QED) is 0.294. The molecule has 1 heterocycles. The molecule has 2 aromatic rings. The van der Waals surface area contributed by atoms with Gasteiger partial charge in [-0.2, -0.15) is 0 Å². The van der Waals surface area contributed by atoms with Gasteiger partial charge in [-0.05, 0) is 38.5 Å². The van der Waals surface area contributed by atoms with E-state index in [-0.39, 0.29) is 24.0 Å². The van der Waals surface area contributed by atoms with Crippen molar-refractivity contribution < 1.29 is 9.47 Å². The lowest BCUT2D eigenvalue weighted by Crippen LogP contribution is -2.36. The third-order valence-electron chi connectivity index (χ3n) is 3.78. The van der Waals surface area contributed by atoms with Gasteiger partial charge in [-0.15, -0.1) is 35.3 Å². The Morgan fingerprint density at radius 3 is 2.41 bits per heavy atom. The molecule has 0 aliphatic carbocycles. The second-order valence-electron chi connectivity index (χ2n) is 5.60. The van der Waals surface area contributed by atoms with E-state index in [2.05, 4.69) is 43.5 Å². The summed E-state index contributed by atoms with van der Waals surface area (Å²) in [6.07, 6.45) is 0. The molecule has 1 aromatic carbocycles. The van der Waals surface area contributed by atoms with E-state index >= 15 is 0 Å². The highest BCUT2D eigenvalue weighted by Gasteiger charge is 2.10. The molecule has 9 heteroatoms. The summed E-state index contributed by atoms with van der Waals surface area (Å²) in [6, 6.07) is 3.83. The number of halogens is 2. The van der Waals surface area contributed by atoms with Crippen molar-refractivity contribution in [2.24, 2.45) is 4.99 Å². The molecule has 150 valence electrons. The number of methoxy groups -OCH3 is 2. The van der Waals surface area contributed by atoms with Crippen LogP contribution in [0.15, 0.2) is 21.6 Å². The summed E-state index contributed by atoms with van der Waals surface area (Å²) in [5.74, 6) is 2.12. The number of aliphatic imine (C=N–C) groups is 1. The van der Waals surface area contributed by atoms with Gasteiger partial charge < -0.3 is 20.1 Å². The summed E-state index contributed by atoms with van der Waals surface area (Å²) in [6.45, 7) is 8.11. The summed E-state index contributed by atoms with van der Waals surface area (Å²) in [4.78, 5) is 10.5. The van der Waals surface area contributed by atoms with Crippen LogP contribution in [0, 0.1) is 13.8 Å². The molecule has 0 fully saturated rings. The smallest absolute Gasteiger partial charge is 0.191 e. The zero-order valence-corrected chi connectivity index (χ0v) is 20.9. The zero-order chi connectivity index (χ0) is 19.1. The van der Waals surface area contributed by atoms with Crippen LogP contribution >= 0.6 is 51.2 Å². The molecule has 1 aromatic heterocycles. The second kappa shape index (κ2) is 11.7. The van der Waals surface area contributed by atoms with Gasteiger partial charge in [0, 0.05) is 15.9 Å². The maximum absolute atomic E-state index is 5.37. The fraction of sp³-hybridized carbons (Fsp3) is 0.444. The molecule has 6 nitrogen and oxygen atoms in total. The monoisotopic (exact) mass is 568 g/mol. The SMILES string of the molecule is CCNC(=NCc1cc(OC)c(OC)cc1Br)NCc1nc(C)c(C)s1.I. The van der Waals surface area contributed by atoms with E-state index in [0.29, 0.717) is 24.6 Å². The Labute approximate surface area is 190 Å². The van der Waals surface area contributed by atoms with Crippen LogP contribution in [0.4, 0.5) is 0 Å². The third-order valence-corrected chi connectivity index (χ3v) is 5.60. The van der Waals surface area contributed by atoms with Crippen LogP contribution < -0.4 is 20.1 Å². The molecule has 27 heavy (non-hydrogen) atoms. The van der Waals surface area contributed by atoms with Crippen molar-refractivity contribution in [1.29, 1.82) is 0 Å². The lowest BCUT2D eigenvalue weighted by Gasteiger charge is -2.13. The van der Waals surface area contributed by atoms with E-state index in [1.54, 1.807) is 25.6 Å². The fourth-order valence-electron chi connectivity index (χ4n) is 2.30. The van der Waals surface area contributed by atoms with Gasteiger partial charge in [-0.1, -0.05) is 15.9 Å². The number of aromatic nitrogens is 1. The standard InChI is InChI=1S/C18H25BrN4O2S.HI/c1-6-20-18(22-10-17-23-11(2)12(3)26-17)21-9-13-7-15(24-4)16(25-5)8-14(13)19;/h7-8H,6,9-10H2,1-5H3,(H2,20,21,22);1H. The van der Waals surface area contributed by atoms with Gasteiger partial charge in [-0.25, -0.2) is 9.98 Å². The van der Waals surface area contributed by atoms with Crippen LogP contribution in [0.5, 0.6) is 11.5 Å². The van der Waals surface area contributed by atoms with Gasteiger partial charge in [-0.3, -0.25) is 0 Å². The normalized spacial score (nSPS) is 11.0. The molecule has 0 saturated carbocycles. The lowest BCUT2D eigenvalue weighted by atomic mass is 10.2. The number of ether oxygens (including phenoxy) is 2. The van der Waals surface area contributed by atoms with Gasteiger partial charge in [0.05, 0.1) is 33.0 Å². The van der Waals surface area contributed by atoms with Crippen LogP contribution in [-0.4, -0.2) is 31.7 Å². The van der Waals surface area contributed by atoms with Crippen LogP contribution in [0.25, 0.3) is 0 Å². The predicted octanol–water partition coefficient (Wildman–Crippen LogP) is 4.41. The molecule has 0 spiro atoms. The number of rotatable bonds is 7. The van der Waals surface area contributed by atoms with Crippen LogP contribution in [0.1, 0.15) is 28.1 Å². The van der Waals surface area contributed by atoms with Crippen LogP contribution in [0.2, 0.25) is 0 Å². The fourth-order valence-corrected chi connectivity index (χ4v) is 3.62. The lowest BCUT2D eigenvalue weighted by molar-refractivity contribution is 0.354. The van der Waals surface area contributed by atoms with Gasteiger partial charge in [0.25, 0.3) is 0 Å². The van der Waals surface area contributed by atoms with E-state index in [4.69, 9.17) is 9.47 Å².